The van der Waals surface area contributed by atoms with E-state index in [2.05, 4.69) is 33.5 Å². The molecule has 2 rings (SSSR count). The van der Waals surface area contributed by atoms with Gasteiger partial charge in [-0.25, -0.2) is 0 Å². The smallest absolute Gasteiger partial charge is 0.231 e. The number of likely N-dealkylation sites (tertiary alicyclic amines) is 1. The minimum atomic E-state index is -0.267. The number of guanidine groups is 1. The summed E-state index contributed by atoms with van der Waals surface area (Å²) in [6, 6.07) is 8.39. The fourth-order valence-electron chi connectivity index (χ4n) is 3.05. The normalized spacial score (nSPS) is 17.6. The van der Waals surface area contributed by atoms with E-state index in [1.807, 2.05) is 25.1 Å². The molecule has 1 heterocycles. The number of primary amides is 1. The first kappa shape index (κ1) is 20.0. The highest BCUT2D eigenvalue weighted by molar-refractivity contribution is 5.80. The number of hydrogen-bond donors (Lipinski definition) is 3. The van der Waals surface area contributed by atoms with Gasteiger partial charge in [0.2, 0.25) is 5.91 Å². The van der Waals surface area contributed by atoms with E-state index in [4.69, 9.17) is 10.5 Å². The van der Waals surface area contributed by atoms with Crippen LogP contribution in [0.4, 0.5) is 0 Å². The van der Waals surface area contributed by atoms with Gasteiger partial charge in [-0.3, -0.25) is 14.7 Å². The van der Waals surface area contributed by atoms with E-state index >= 15 is 0 Å². The van der Waals surface area contributed by atoms with Crippen molar-refractivity contribution in [3.05, 3.63) is 29.8 Å². The molecule has 1 fully saturated rings. The van der Waals surface area contributed by atoms with Gasteiger partial charge in [0.25, 0.3) is 0 Å². The standard InChI is InChI=1S/C19H31N5O2/c1-14-5-4-6-17(11-14)26-15(2)12-22-19(21-3)23-16-7-9-24(10-8-16)13-18(20)25/h4-6,11,15-16H,7-10,12-13H2,1-3H3,(H2,20,25)(H2,21,22,23). The number of rotatable bonds is 7. The molecule has 1 aromatic rings. The van der Waals surface area contributed by atoms with E-state index in [0.717, 1.165) is 37.6 Å². The van der Waals surface area contributed by atoms with Crippen molar-refractivity contribution in [2.75, 3.05) is 33.2 Å². The van der Waals surface area contributed by atoms with Crippen LogP contribution in [-0.2, 0) is 4.79 Å². The van der Waals surface area contributed by atoms with Gasteiger partial charge in [-0.1, -0.05) is 12.1 Å². The third-order valence-corrected chi connectivity index (χ3v) is 4.42. The summed E-state index contributed by atoms with van der Waals surface area (Å²) >= 11 is 0. The molecule has 1 aliphatic rings. The number of carbonyl (C=O) groups excluding carboxylic acids is 1. The van der Waals surface area contributed by atoms with Crippen molar-refractivity contribution < 1.29 is 9.53 Å². The van der Waals surface area contributed by atoms with Gasteiger partial charge in [-0.05, 0) is 44.4 Å². The minimum Gasteiger partial charge on any atom is -0.489 e. The Kier molecular flexibility index (Phi) is 7.72. The fourth-order valence-corrected chi connectivity index (χ4v) is 3.05. The third kappa shape index (κ3) is 6.92. The molecule has 26 heavy (non-hydrogen) atoms. The molecule has 1 saturated heterocycles. The van der Waals surface area contributed by atoms with Crippen LogP contribution in [0.2, 0.25) is 0 Å². The van der Waals surface area contributed by atoms with Crippen LogP contribution in [0.15, 0.2) is 29.3 Å². The lowest BCUT2D eigenvalue weighted by molar-refractivity contribution is -0.119. The lowest BCUT2D eigenvalue weighted by Crippen LogP contribution is -2.50. The van der Waals surface area contributed by atoms with Crippen LogP contribution >= 0.6 is 0 Å². The number of nitrogens with two attached hydrogens (primary N) is 1. The number of piperidine rings is 1. The summed E-state index contributed by atoms with van der Waals surface area (Å²) in [4.78, 5) is 17.4. The molecule has 0 aliphatic carbocycles. The molecule has 1 aromatic carbocycles. The van der Waals surface area contributed by atoms with Crippen molar-refractivity contribution in [3.63, 3.8) is 0 Å². The van der Waals surface area contributed by atoms with Crippen LogP contribution in [0.3, 0.4) is 0 Å². The van der Waals surface area contributed by atoms with Crippen LogP contribution in [0.1, 0.15) is 25.3 Å². The first-order valence-corrected chi connectivity index (χ1v) is 9.17. The molecule has 0 radical (unpaired) electrons. The molecule has 4 N–H and O–H groups in total. The number of ether oxygens (including phenoxy) is 1. The Morgan fingerprint density at radius 1 is 1.42 bits per heavy atom. The zero-order valence-corrected chi connectivity index (χ0v) is 16.0. The summed E-state index contributed by atoms with van der Waals surface area (Å²) in [6.45, 7) is 6.82. The predicted octanol–water partition coefficient (Wildman–Crippen LogP) is 0.877. The van der Waals surface area contributed by atoms with E-state index < -0.39 is 0 Å². The summed E-state index contributed by atoms with van der Waals surface area (Å²) in [6.07, 6.45) is 1.94. The van der Waals surface area contributed by atoms with Crippen LogP contribution in [0.5, 0.6) is 5.75 Å². The van der Waals surface area contributed by atoms with E-state index in [1.54, 1.807) is 7.05 Å². The van der Waals surface area contributed by atoms with Gasteiger partial charge in [-0.2, -0.15) is 0 Å². The van der Waals surface area contributed by atoms with Gasteiger partial charge in [0.05, 0.1) is 13.1 Å². The van der Waals surface area contributed by atoms with Crippen LogP contribution in [-0.4, -0.2) is 62.1 Å². The average Bonchev–Trinajstić information content (AvgIpc) is 2.59. The molecule has 0 bridgehead atoms. The first-order valence-electron chi connectivity index (χ1n) is 9.17. The molecule has 0 saturated carbocycles. The second kappa shape index (κ2) is 10.0. The zero-order valence-electron chi connectivity index (χ0n) is 16.0. The van der Waals surface area contributed by atoms with E-state index in [-0.39, 0.29) is 12.0 Å². The highest BCUT2D eigenvalue weighted by Crippen LogP contribution is 2.14. The molecule has 1 unspecified atom stereocenters. The van der Waals surface area contributed by atoms with Gasteiger partial charge in [0.1, 0.15) is 11.9 Å². The summed E-state index contributed by atoms with van der Waals surface area (Å²) in [7, 11) is 1.77. The highest BCUT2D eigenvalue weighted by atomic mass is 16.5. The second-order valence-electron chi connectivity index (χ2n) is 6.86. The molecular weight excluding hydrogens is 330 g/mol. The fraction of sp³-hybridized carbons (Fsp3) is 0.579. The molecule has 7 nitrogen and oxygen atoms in total. The Morgan fingerprint density at radius 3 is 2.77 bits per heavy atom. The molecule has 0 aromatic heterocycles. The van der Waals surface area contributed by atoms with Gasteiger partial charge in [0.15, 0.2) is 5.96 Å². The SMILES string of the molecule is CN=C(NCC(C)Oc1cccc(C)c1)NC1CCN(CC(N)=O)CC1. The van der Waals surface area contributed by atoms with Gasteiger partial charge < -0.3 is 21.1 Å². The van der Waals surface area contributed by atoms with Gasteiger partial charge in [0, 0.05) is 26.2 Å². The number of carbonyl (C=O) groups is 1. The molecule has 1 aliphatic heterocycles. The van der Waals surface area contributed by atoms with Crippen molar-refractivity contribution in [2.24, 2.45) is 10.7 Å². The van der Waals surface area contributed by atoms with Crippen LogP contribution < -0.4 is 21.1 Å². The Balaban J connectivity index is 1.71. The average molecular weight is 361 g/mol. The van der Waals surface area contributed by atoms with Gasteiger partial charge in [-0.15, -0.1) is 0 Å². The predicted molar refractivity (Wildman–Crippen MR) is 104 cm³/mol. The van der Waals surface area contributed by atoms with Crippen LogP contribution in [0.25, 0.3) is 0 Å². The molecular formula is C19H31N5O2. The van der Waals surface area contributed by atoms with Crippen molar-refractivity contribution in [3.8, 4) is 5.75 Å². The summed E-state index contributed by atoms with van der Waals surface area (Å²) < 4.78 is 5.94. The quantitative estimate of drug-likeness (QED) is 0.495. The zero-order chi connectivity index (χ0) is 18.9. The molecule has 1 amide bonds. The number of nitrogens with zero attached hydrogens (tertiary/aromatic N) is 2. The monoisotopic (exact) mass is 361 g/mol. The number of hydrogen-bond acceptors (Lipinski definition) is 4. The van der Waals surface area contributed by atoms with Crippen molar-refractivity contribution >= 4 is 11.9 Å². The molecule has 1 atom stereocenters. The van der Waals surface area contributed by atoms with Crippen molar-refractivity contribution in [1.82, 2.24) is 15.5 Å². The Bertz CT molecular complexity index is 612. The number of nitrogens with one attached hydrogen (secondary N) is 2. The summed E-state index contributed by atoms with van der Waals surface area (Å²) in [5.41, 5.74) is 6.44. The molecule has 0 spiro atoms. The first-order chi connectivity index (χ1) is 12.5. The highest BCUT2D eigenvalue weighted by Gasteiger charge is 2.21. The van der Waals surface area contributed by atoms with Crippen molar-refractivity contribution in [1.29, 1.82) is 0 Å². The number of aliphatic imine (C=N–C) groups is 1. The number of aryl methyl sites for hydroxylation is 1. The largest absolute Gasteiger partial charge is 0.489 e. The third-order valence-electron chi connectivity index (χ3n) is 4.42. The lowest BCUT2D eigenvalue weighted by Gasteiger charge is -2.32. The second-order valence-corrected chi connectivity index (χ2v) is 6.86. The lowest BCUT2D eigenvalue weighted by atomic mass is 10.1. The summed E-state index contributed by atoms with van der Waals surface area (Å²) in [5.74, 6) is 1.39. The number of benzene rings is 1. The van der Waals surface area contributed by atoms with E-state index in [1.165, 1.54) is 5.56 Å². The van der Waals surface area contributed by atoms with E-state index in [0.29, 0.717) is 19.1 Å². The van der Waals surface area contributed by atoms with E-state index in [9.17, 15) is 4.79 Å². The summed E-state index contributed by atoms with van der Waals surface area (Å²) in [5, 5.41) is 6.77. The van der Waals surface area contributed by atoms with Gasteiger partial charge >= 0.3 is 0 Å². The molecule has 144 valence electrons. The maximum atomic E-state index is 11.0. The van der Waals surface area contributed by atoms with Crippen molar-refractivity contribution in [2.45, 2.75) is 38.8 Å². The topological polar surface area (TPSA) is 92.0 Å². The van der Waals surface area contributed by atoms with Crippen LogP contribution in [0, 0.1) is 6.92 Å². The number of amides is 1. The molecule has 7 heteroatoms. The Morgan fingerprint density at radius 2 is 2.15 bits per heavy atom. The maximum Gasteiger partial charge on any atom is 0.231 e. The maximum absolute atomic E-state index is 11.0. The Hall–Kier alpha value is -2.28. The Labute approximate surface area is 156 Å². The minimum absolute atomic E-state index is 0.0211.